The molecule has 0 saturated carbocycles. The number of anilines is 1. The average Bonchev–Trinajstić information content (AvgIpc) is 2.96. The minimum Gasteiger partial charge on any atom is -0.316 e. The van der Waals surface area contributed by atoms with Crippen LogP contribution in [0.1, 0.15) is 32.8 Å². The summed E-state index contributed by atoms with van der Waals surface area (Å²) in [5.74, 6) is 0.587. The van der Waals surface area contributed by atoms with Crippen molar-refractivity contribution < 1.29 is 4.79 Å². The highest BCUT2D eigenvalue weighted by Crippen LogP contribution is 2.37. The maximum absolute atomic E-state index is 12.9. The molecular weight excluding hydrogens is 248 g/mol. The molecule has 1 aromatic rings. The van der Waals surface area contributed by atoms with Gasteiger partial charge in [0.15, 0.2) is 0 Å². The lowest BCUT2D eigenvalue weighted by Gasteiger charge is -2.35. The SMILES string of the molecule is CCc1ccc(N(C)C(=O)C2(C(C)C)CCNC2)cc1. The van der Waals surface area contributed by atoms with Gasteiger partial charge < -0.3 is 10.2 Å². The topological polar surface area (TPSA) is 32.3 Å². The lowest BCUT2D eigenvalue weighted by atomic mass is 9.75. The molecule has 1 atom stereocenters. The van der Waals surface area contributed by atoms with E-state index in [1.807, 2.05) is 24.1 Å². The fraction of sp³-hybridized carbons (Fsp3) is 0.588. The zero-order valence-corrected chi connectivity index (χ0v) is 13.1. The number of hydrogen-bond acceptors (Lipinski definition) is 2. The predicted octanol–water partition coefficient (Wildman–Crippen LogP) is 2.85. The van der Waals surface area contributed by atoms with Crippen molar-refractivity contribution in [2.45, 2.75) is 33.6 Å². The summed E-state index contributed by atoms with van der Waals surface area (Å²) in [5, 5.41) is 3.35. The molecular formula is C17H26N2O. The Kier molecular flexibility index (Phi) is 4.48. The molecule has 0 aliphatic carbocycles. The minimum absolute atomic E-state index is 0.238. The van der Waals surface area contributed by atoms with E-state index in [9.17, 15) is 4.79 Å². The maximum Gasteiger partial charge on any atom is 0.234 e. The number of aryl methyl sites for hydroxylation is 1. The average molecular weight is 274 g/mol. The Bertz CT molecular complexity index is 458. The van der Waals surface area contributed by atoms with Gasteiger partial charge in [0.25, 0.3) is 0 Å². The second-order valence-corrected chi connectivity index (χ2v) is 6.12. The van der Waals surface area contributed by atoms with Crippen LogP contribution < -0.4 is 10.2 Å². The van der Waals surface area contributed by atoms with Gasteiger partial charge in [-0.05, 0) is 43.0 Å². The first kappa shape index (κ1) is 15.0. The fourth-order valence-corrected chi connectivity index (χ4v) is 3.04. The largest absolute Gasteiger partial charge is 0.316 e. The van der Waals surface area contributed by atoms with Crippen LogP contribution >= 0.6 is 0 Å². The van der Waals surface area contributed by atoms with Gasteiger partial charge in [0.05, 0.1) is 5.41 Å². The second-order valence-electron chi connectivity index (χ2n) is 6.12. The second kappa shape index (κ2) is 5.96. The third-order valence-corrected chi connectivity index (χ3v) is 4.76. The molecule has 1 fully saturated rings. The molecule has 20 heavy (non-hydrogen) atoms. The van der Waals surface area contributed by atoms with E-state index >= 15 is 0 Å². The summed E-state index contributed by atoms with van der Waals surface area (Å²) in [7, 11) is 1.89. The Morgan fingerprint density at radius 2 is 2.00 bits per heavy atom. The van der Waals surface area contributed by atoms with Crippen LogP contribution in [0.15, 0.2) is 24.3 Å². The summed E-state index contributed by atoms with van der Waals surface area (Å²) in [4.78, 5) is 14.8. The molecule has 3 heteroatoms. The summed E-state index contributed by atoms with van der Waals surface area (Å²) < 4.78 is 0. The Hall–Kier alpha value is -1.35. The van der Waals surface area contributed by atoms with Crippen molar-refractivity contribution in [3.8, 4) is 0 Å². The molecule has 1 aromatic carbocycles. The molecule has 1 aliphatic heterocycles. The van der Waals surface area contributed by atoms with Gasteiger partial charge in [-0.25, -0.2) is 0 Å². The summed E-state index contributed by atoms with van der Waals surface area (Å²) >= 11 is 0. The molecule has 1 amide bonds. The molecule has 1 N–H and O–H groups in total. The smallest absolute Gasteiger partial charge is 0.234 e. The van der Waals surface area contributed by atoms with E-state index in [0.717, 1.165) is 31.6 Å². The Balaban J connectivity index is 2.22. The number of carbonyl (C=O) groups excluding carboxylic acids is 1. The van der Waals surface area contributed by atoms with E-state index in [2.05, 4.69) is 38.2 Å². The van der Waals surface area contributed by atoms with Crippen LogP contribution in [0.3, 0.4) is 0 Å². The van der Waals surface area contributed by atoms with E-state index in [1.54, 1.807) is 0 Å². The molecule has 0 spiro atoms. The van der Waals surface area contributed by atoms with Crippen LogP contribution in [0.5, 0.6) is 0 Å². The first-order valence-corrected chi connectivity index (χ1v) is 7.59. The molecule has 1 unspecified atom stereocenters. The quantitative estimate of drug-likeness (QED) is 0.915. The van der Waals surface area contributed by atoms with Crippen LogP contribution in [0, 0.1) is 11.3 Å². The van der Waals surface area contributed by atoms with Crippen LogP contribution in [-0.2, 0) is 11.2 Å². The molecule has 0 bridgehead atoms. The molecule has 0 radical (unpaired) electrons. The van der Waals surface area contributed by atoms with Crippen molar-refractivity contribution in [3.05, 3.63) is 29.8 Å². The van der Waals surface area contributed by atoms with Crippen molar-refractivity contribution in [1.82, 2.24) is 5.32 Å². The first-order valence-electron chi connectivity index (χ1n) is 7.59. The van der Waals surface area contributed by atoms with Crippen LogP contribution in [0.25, 0.3) is 0 Å². The first-order chi connectivity index (χ1) is 9.51. The number of benzene rings is 1. The summed E-state index contributed by atoms with van der Waals surface area (Å²) in [5.41, 5.74) is 2.04. The number of hydrogen-bond donors (Lipinski definition) is 1. The van der Waals surface area contributed by atoms with Gasteiger partial charge in [0.1, 0.15) is 0 Å². The standard InChI is InChI=1S/C17H26N2O/c1-5-14-6-8-15(9-7-14)19(4)16(20)17(13(2)3)10-11-18-12-17/h6-9,13,18H,5,10-12H2,1-4H3. The van der Waals surface area contributed by atoms with Crippen molar-refractivity contribution in [1.29, 1.82) is 0 Å². The van der Waals surface area contributed by atoms with Crippen LogP contribution in [-0.4, -0.2) is 26.0 Å². The van der Waals surface area contributed by atoms with E-state index in [-0.39, 0.29) is 11.3 Å². The maximum atomic E-state index is 12.9. The molecule has 3 nitrogen and oxygen atoms in total. The Labute approximate surface area is 122 Å². The lowest BCUT2D eigenvalue weighted by Crippen LogP contribution is -2.47. The number of amides is 1. The van der Waals surface area contributed by atoms with Gasteiger partial charge in [0, 0.05) is 19.3 Å². The Morgan fingerprint density at radius 3 is 2.45 bits per heavy atom. The van der Waals surface area contributed by atoms with E-state index in [0.29, 0.717) is 5.92 Å². The minimum atomic E-state index is -0.252. The molecule has 1 heterocycles. The Morgan fingerprint density at radius 1 is 1.35 bits per heavy atom. The lowest BCUT2D eigenvalue weighted by molar-refractivity contribution is -0.129. The molecule has 1 aliphatic rings. The highest BCUT2D eigenvalue weighted by Gasteiger charge is 2.45. The molecule has 0 aromatic heterocycles. The third kappa shape index (κ3) is 2.59. The highest BCUT2D eigenvalue weighted by molar-refractivity contribution is 5.97. The fourth-order valence-electron chi connectivity index (χ4n) is 3.04. The van der Waals surface area contributed by atoms with Gasteiger partial charge in [-0.15, -0.1) is 0 Å². The molecule has 110 valence electrons. The van der Waals surface area contributed by atoms with Crippen LogP contribution in [0.2, 0.25) is 0 Å². The number of rotatable bonds is 4. The van der Waals surface area contributed by atoms with Gasteiger partial charge in [-0.2, -0.15) is 0 Å². The predicted molar refractivity (Wildman–Crippen MR) is 84.0 cm³/mol. The van der Waals surface area contributed by atoms with Crippen molar-refractivity contribution in [2.24, 2.45) is 11.3 Å². The van der Waals surface area contributed by atoms with Gasteiger partial charge >= 0.3 is 0 Å². The highest BCUT2D eigenvalue weighted by atomic mass is 16.2. The van der Waals surface area contributed by atoms with Crippen molar-refractivity contribution >= 4 is 11.6 Å². The third-order valence-electron chi connectivity index (χ3n) is 4.76. The van der Waals surface area contributed by atoms with Crippen molar-refractivity contribution in [3.63, 3.8) is 0 Å². The van der Waals surface area contributed by atoms with E-state index < -0.39 is 0 Å². The summed E-state index contributed by atoms with van der Waals surface area (Å²) in [6, 6.07) is 8.31. The monoisotopic (exact) mass is 274 g/mol. The number of carbonyl (C=O) groups is 1. The normalized spacial score (nSPS) is 22.2. The number of nitrogens with zero attached hydrogens (tertiary/aromatic N) is 1. The van der Waals surface area contributed by atoms with E-state index in [1.165, 1.54) is 5.56 Å². The zero-order valence-electron chi connectivity index (χ0n) is 13.1. The van der Waals surface area contributed by atoms with Gasteiger partial charge in [0.2, 0.25) is 5.91 Å². The summed E-state index contributed by atoms with van der Waals surface area (Å²) in [6.45, 7) is 8.17. The van der Waals surface area contributed by atoms with Crippen LogP contribution in [0.4, 0.5) is 5.69 Å². The van der Waals surface area contributed by atoms with Gasteiger partial charge in [-0.3, -0.25) is 4.79 Å². The molecule has 1 saturated heterocycles. The zero-order chi connectivity index (χ0) is 14.8. The summed E-state index contributed by atoms with van der Waals surface area (Å²) in [6.07, 6.45) is 1.96. The number of nitrogens with one attached hydrogen (secondary N) is 1. The van der Waals surface area contributed by atoms with Gasteiger partial charge in [-0.1, -0.05) is 32.9 Å². The van der Waals surface area contributed by atoms with E-state index in [4.69, 9.17) is 0 Å². The van der Waals surface area contributed by atoms with Crippen molar-refractivity contribution in [2.75, 3.05) is 25.0 Å². The molecule has 2 rings (SSSR count).